The van der Waals surface area contributed by atoms with E-state index in [0.29, 0.717) is 43.4 Å². The van der Waals surface area contributed by atoms with Gasteiger partial charge in [0.1, 0.15) is 17.3 Å². The van der Waals surface area contributed by atoms with Gasteiger partial charge in [-0.1, -0.05) is 0 Å². The van der Waals surface area contributed by atoms with Gasteiger partial charge in [0.25, 0.3) is 5.91 Å². The zero-order chi connectivity index (χ0) is 22.2. The lowest BCUT2D eigenvalue weighted by atomic mass is 10.0. The Morgan fingerprint density at radius 1 is 1.19 bits per heavy atom. The molecule has 11 heteroatoms. The van der Waals surface area contributed by atoms with Crippen LogP contribution in [0.1, 0.15) is 33.4 Å². The number of hydrogen-bond acceptors (Lipinski definition) is 8. The Morgan fingerprint density at radius 3 is 2.81 bits per heavy atom. The summed E-state index contributed by atoms with van der Waals surface area (Å²) in [7, 11) is 0. The predicted molar refractivity (Wildman–Crippen MR) is 108 cm³/mol. The van der Waals surface area contributed by atoms with Gasteiger partial charge in [0.15, 0.2) is 0 Å². The molecule has 2 N–H and O–H groups in total. The van der Waals surface area contributed by atoms with Crippen molar-refractivity contribution in [2.75, 3.05) is 25.5 Å². The van der Waals surface area contributed by atoms with Gasteiger partial charge in [-0.05, 0) is 23.8 Å². The number of morpholine rings is 1. The van der Waals surface area contributed by atoms with Crippen LogP contribution in [0, 0.1) is 0 Å². The third kappa shape index (κ3) is 3.69. The monoisotopic (exact) mass is 443 g/mol. The van der Waals surface area contributed by atoms with Crippen molar-refractivity contribution in [2.45, 2.75) is 25.9 Å². The van der Waals surface area contributed by atoms with E-state index >= 15 is 0 Å². The molecule has 0 aliphatic carbocycles. The number of ether oxygens (including phenoxy) is 3. The van der Waals surface area contributed by atoms with Crippen molar-refractivity contribution in [3.63, 3.8) is 0 Å². The second-order valence-corrected chi connectivity index (χ2v) is 7.42. The Morgan fingerprint density at radius 2 is 2.03 bits per heavy atom. The first kappa shape index (κ1) is 20.5. The minimum absolute atomic E-state index is 0.0580. The fraction of sp³-hybridized carbons (Fsp3) is 0.333. The van der Waals surface area contributed by atoms with Crippen LogP contribution in [0.5, 0.6) is 5.75 Å². The summed E-state index contributed by atoms with van der Waals surface area (Å²) in [5.41, 5.74) is 9.11. The van der Waals surface area contributed by atoms with Gasteiger partial charge in [-0.2, -0.15) is 8.78 Å². The summed E-state index contributed by atoms with van der Waals surface area (Å²) in [5.74, 6) is 0.0567. The zero-order valence-electron chi connectivity index (χ0n) is 16.8. The van der Waals surface area contributed by atoms with Crippen molar-refractivity contribution >= 4 is 22.6 Å². The number of hydrogen-bond donors (Lipinski definition) is 1. The summed E-state index contributed by atoms with van der Waals surface area (Å²) in [6.45, 7) is -1.23. The first-order valence-electron chi connectivity index (χ1n) is 9.95. The Kier molecular flexibility index (Phi) is 5.27. The lowest BCUT2D eigenvalue weighted by molar-refractivity contribution is -0.0501. The van der Waals surface area contributed by atoms with Gasteiger partial charge in [0.05, 0.1) is 56.1 Å². The molecule has 0 radical (unpaired) electrons. The number of pyridine rings is 3. The number of amides is 1. The number of nitrogens with two attached hydrogens (primary N) is 1. The number of anilines is 1. The molecule has 1 fully saturated rings. The molecule has 3 aromatic rings. The average Bonchev–Trinajstić information content (AvgIpc) is 3.30. The second-order valence-electron chi connectivity index (χ2n) is 7.42. The molecule has 5 heterocycles. The van der Waals surface area contributed by atoms with Gasteiger partial charge < -0.3 is 24.8 Å². The highest BCUT2D eigenvalue weighted by atomic mass is 19.3. The van der Waals surface area contributed by atoms with Crippen molar-refractivity contribution in [1.82, 2.24) is 19.9 Å². The molecule has 5 rings (SSSR count). The minimum atomic E-state index is -2.94. The molecule has 32 heavy (non-hydrogen) atoms. The van der Waals surface area contributed by atoms with E-state index in [4.69, 9.17) is 15.2 Å². The molecule has 0 unspecified atom stereocenters. The van der Waals surface area contributed by atoms with Crippen LogP contribution in [0.25, 0.3) is 10.9 Å². The normalized spacial score (nSPS) is 18.2. The molecule has 2 aliphatic heterocycles. The van der Waals surface area contributed by atoms with E-state index in [0.717, 1.165) is 16.5 Å². The maximum absolute atomic E-state index is 13.4. The Bertz CT molecular complexity index is 1180. The maximum atomic E-state index is 13.4. The molecule has 1 amide bonds. The molecule has 1 saturated heterocycles. The van der Waals surface area contributed by atoms with Gasteiger partial charge in [-0.15, -0.1) is 0 Å². The topological polar surface area (TPSA) is 113 Å². The van der Waals surface area contributed by atoms with E-state index in [1.807, 2.05) is 0 Å². The van der Waals surface area contributed by atoms with Crippen molar-refractivity contribution in [3.05, 3.63) is 53.1 Å². The van der Waals surface area contributed by atoms with Gasteiger partial charge >= 0.3 is 6.61 Å². The van der Waals surface area contributed by atoms with Crippen molar-refractivity contribution in [3.8, 4) is 5.75 Å². The van der Waals surface area contributed by atoms with Crippen molar-refractivity contribution in [2.24, 2.45) is 0 Å². The lowest BCUT2D eigenvalue weighted by Crippen LogP contribution is -2.44. The Balaban J connectivity index is 1.45. The summed E-state index contributed by atoms with van der Waals surface area (Å²) >= 11 is 0. The van der Waals surface area contributed by atoms with E-state index in [-0.39, 0.29) is 24.0 Å². The van der Waals surface area contributed by atoms with Crippen molar-refractivity contribution < 1.29 is 27.8 Å². The van der Waals surface area contributed by atoms with Crippen LogP contribution in [0.3, 0.4) is 0 Å². The zero-order valence-corrected chi connectivity index (χ0v) is 16.8. The number of halogens is 2. The minimum Gasteiger partial charge on any atom is -0.433 e. The number of alkyl halides is 2. The molecule has 0 spiro atoms. The number of carbonyl (C=O) groups excluding carboxylic acids is 1. The lowest BCUT2D eigenvalue weighted by Gasteiger charge is -2.35. The summed E-state index contributed by atoms with van der Waals surface area (Å²) in [6, 6.07) is 4.14. The van der Waals surface area contributed by atoms with Crippen LogP contribution in [0.2, 0.25) is 0 Å². The van der Waals surface area contributed by atoms with E-state index in [1.165, 1.54) is 18.5 Å². The van der Waals surface area contributed by atoms with Gasteiger partial charge in [-0.25, -0.2) is 9.97 Å². The highest BCUT2D eigenvalue weighted by Crippen LogP contribution is 2.32. The van der Waals surface area contributed by atoms with E-state index in [2.05, 4.69) is 19.7 Å². The highest BCUT2D eigenvalue weighted by molar-refractivity contribution is 5.97. The van der Waals surface area contributed by atoms with E-state index < -0.39 is 12.7 Å². The summed E-state index contributed by atoms with van der Waals surface area (Å²) in [6.07, 6.45) is 2.73. The maximum Gasteiger partial charge on any atom is 0.387 e. The third-order valence-electron chi connectivity index (χ3n) is 5.55. The highest BCUT2D eigenvalue weighted by Gasteiger charge is 2.31. The van der Waals surface area contributed by atoms with Crippen LogP contribution >= 0.6 is 0 Å². The van der Waals surface area contributed by atoms with Crippen LogP contribution < -0.4 is 10.5 Å². The molecular weight excluding hydrogens is 424 g/mol. The van der Waals surface area contributed by atoms with Crippen LogP contribution in [0.15, 0.2) is 30.6 Å². The molecule has 1 atom stereocenters. The van der Waals surface area contributed by atoms with Crippen LogP contribution in [-0.2, 0) is 22.7 Å². The quantitative estimate of drug-likeness (QED) is 0.654. The largest absolute Gasteiger partial charge is 0.433 e. The standard InChI is InChI=1S/C21H19F2N5O4/c22-21(23)32-11-1-2-15(25-6-11)18-10-30-4-3-28(18)20(29)16-5-12-13-8-31-9-14(13)19(24)27-17(12)7-26-16/h1-2,5-7,18,21H,3-4,8-10H2,(H2,24,27)/t18-/m1/s1. The number of aromatic nitrogens is 3. The molecule has 0 bridgehead atoms. The van der Waals surface area contributed by atoms with Crippen molar-refractivity contribution in [1.29, 1.82) is 0 Å². The predicted octanol–water partition coefficient (Wildman–Crippen LogP) is 2.45. The first-order chi connectivity index (χ1) is 15.5. The fourth-order valence-corrected chi connectivity index (χ4v) is 3.99. The van der Waals surface area contributed by atoms with Crippen LogP contribution in [0.4, 0.5) is 14.6 Å². The van der Waals surface area contributed by atoms with E-state index in [9.17, 15) is 13.6 Å². The summed E-state index contributed by atoms with van der Waals surface area (Å²) in [4.78, 5) is 27.9. The molecule has 0 aromatic carbocycles. The number of nitrogens with zero attached hydrogens (tertiary/aromatic N) is 4. The average molecular weight is 443 g/mol. The molecule has 2 aliphatic rings. The Labute approximate surface area is 181 Å². The van der Waals surface area contributed by atoms with E-state index in [1.54, 1.807) is 17.0 Å². The number of rotatable bonds is 4. The third-order valence-corrected chi connectivity index (χ3v) is 5.55. The number of carbonyl (C=O) groups is 1. The smallest absolute Gasteiger partial charge is 0.387 e. The summed E-state index contributed by atoms with van der Waals surface area (Å²) < 4.78 is 40.2. The van der Waals surface area contributed by atoms with Gasteiger partial charge in [-0.3, -0.25) is 9.78 Å². The molecule has 0 saturated carbocycles. The van der Waals surface area contributed by atoms with Crippen LogP contribution in [-0.4, -0.2) is 52.1 Å². The number of nitrogen functional groups attached to an aromatic ring is 1. The Hall–Kier alpha value is -3.44. The molecule has 166 valence electrons. The molecular formula is C21H19F2N5O4. The van der Waals surface area contributed by atoms with Gasteiger partial charge in [0, 0.05) is 17.5 Å². The van der Waals surface area contributed by atoms with Gasteiger partial charge in [0.2, 0.25) is 0 Å². The molecule has 9 nitrogen and oxygen atoms in total. The number of fused-ring (bicyclic) bond motifs is 3. The molecule has 3 aromatic heterocycles. The fourth-order valence-electron chi connectivity index (χ4n) is 3.99. The second kappa shape index (κ2) is 8.24. The first-order valence-corrected chi connectivity index (χ1v) is 9.95. The SMILES string of the molecule is Nc1nc2cnc(C(=O)N3CCOC[C@@H]3c3ccc(OC(F)F)cn3)cc2c2c1COC2. The summed E-state index contributed by atoms with van der Waals surface area (Å²) in [5, 5.41) is 0.779.